The third-order valence-electron chi connectivity index (χ3n) is 3.41. The van der Waals surface area contributed by atoms with Crippen molar-refractivity contribution in [1.82, 2.24) is 0 Å². The minimum absolute atomic E-state index is 0.213. The Hall–Kier alpha value is -1.22. The summed E-state index contributed by atoms with van der Waals surface area (Å²) in [6.07, 6.45) is 2.85. The van der Waals surface area contributed by atoms with Gasteiger partial charge in [0.05, 0.1) is 24.9 Å². The van der Waals surface area contributed by atoms with Crippen LogP contribution in [0.4, 0.5) is 5.69 Å². The fourth-order valence-electron chi connectivity index (χ4n) is 2.47. The lowest BCUT2D eigenvalue weighted by atomic mass is 10.1. The molecule has 0 spiro atoms. The van der Waals surface area contributed by atoms with E-state index in [1.54, 1.807) is 7.11 Å². The standard InChI is InChI=1S/C13H19NO2/c1-14(10-7-5-8-12(10)15)11-6-3-4-9-13(11)16-2/h3-4,6,9-10,12,15H,5,7-8H2,1-2H3/t10-,12-/m0/s1. The minimum Gasteiger partial charge on any atom is -0.495 e. The SMILES string of the molecule is COc1ccccc1N(C)[C@H]1CCC[C@@H]1O. The summed E-state index contributed by atoms with van der Waals surface area (Å²) in [6.45, 7) is 0. The van der Waals surface area contributed by atoms with Gasteiger partial charge in [0.2, 0.25) is 0 Å². The number of benzene rings is 1. The molecular formula is C13H19NO2. The topological polar surface area (TPSA) is 32.7 Å². The lowest BCUT2D eigenvalue weighted by Crippen LogP contribution is -2.37. The molecule has 0 heterocycles. The van der Waals surface area contributed by atoms with Gasteiger partial charge in [-0.25, -0.2) is 0 Å². The van der Waals surface area contributed by atoms with Gasteiger partial charge >= 0.3 is 0 Å². The number of anilines is 1. The molecule has 0 saturated heterocycles. The molecule has 0 amide bonds. The summed E-state index contributed by atoms with van der Waals surface area (Å²) < 4.78 is 5.34. The molecule has 1 fully saturated rings. The van der Waals surface area contributed by atoms with Gasteiger partial charge in [-0.15, -0.1) is 0 Å². The van der Waals surface area contributed by atoms with E-state index < -0.39 is 0 Å². The van der Waals surface area contributed by atoms with Gasteiger partial charge < -0.3 is 14.7 Å². The van der Waals surface area contributed by atoms with Crippen LogP contribution in [0.1, 0.15) is 19.3 Å². The van der Waals surface area contributed by atoms with Gasteiger partial charge in [-0.3, -0.25) is 0 Å². The van der Waals surface area contributed by atoms with E-state index in [1.165, 1.54) is 0 Å². The maximum Gasteiger partial charge on any atom is 0.142 e. The number of aliphatic hydroxyl groups is 1. The van der Waals surface area contributed by atoms with Gasteiger partial charge in [-0.1, -0.05) is 12.1 Å². The molecule has 2 atom stereocenters. The Balaban J connectivity index is 2.22. The van der Waals surface area contributed by atoms with E-state index in [4.69, 9.17) is 4.74 Å². The molecule has 1 saturated carbocycles. The van der Waals surface area contributed by atoms with Crippen LogP contribution in [0.25, 0.3) is 0 Å². The first-order chi connectivity index (χ1) is 7.74. The second kappa shape index (κ2) is 4.74. The van der Waals surface area contributed by atoms with Crippen molar-refractivity contribution < 1.29 is 9.84 Å². The zero-order valence-electron chi connectivity index (χ0n) is 9.89. The van der Waals surface area contributed by atoms with Gasteiger partial charge in [0.1, 0.15) is 5.75 Å². The molecular weight excluding hydrogens is 202 g/mol. The molecule has 2 rings (SSSR count). The summed E-state index contributed by atoms with van der Waals surface area (Å²) in [6, 6.07) is 8.16. The second-order valence-electron chi connectivity index (χ2n) is 4.35. The van der Waals surface area contributed by atoms with Crippen molar-refractivity contribution in [2.24, 2.45) is 0 Å². The molecule has 0 bridgehead atoms. The van der Waals surface area contributed by atoms with Gasteiger partial charge in [0.25, 0.3) is 0 Å². The maximum atomic E-state index is 9.90. The van der Waals surface area contributed by atoms with Crippen molar-refractivity contribution in [2.45, 2.75) is 31.4 Å². The molecule has 0 radical (unpaired) electrons. The van der Waals surface area contributed by atoms with E-state index in [-0.39, 0.29) is 12.1 Å². The number of hydrogen-bond donors (Lipinski definition) is 1. The average Bonchev–Trinajstić information content (AvgIpc) is 2.74. The maximum absolute atomic E-state index is 9.90. The van der Waals surface area contributed by atoms with Crippen molar-refractivity contribution in [3.8, 4) is 5.75 Å². The molecule has 0 unspecified atom stereocenters. The summed E-state index contributed by atoms with van der Waals surface area (Å²) >= 11 is 0. The Kier molecular flexibility index (Phi) is 3.34. The number of methoxy groups -OCH3 is 1. The number of nitrogens with zero attached hydrogens (tertiary/aromatic N) is 1. The molecule has 0 aromatic heterocycles. The van der Waals surface area contributed by atoms with Crippen molar-refractivity contribution in [1.29, 1.82) is 0 Å². The second-order valence-corrected chi connectivity index (χ2v) is 4.35. The molecule has 3 heteroatoms. The number of rotatable bonds is 3. The van der Waals surface area contributed by atoms with Gasteiger partial charge in [0, 0.05) is 7.05 Å². The number of likely N-dealkylation sites (N-methyl/N-ethyl adjacent to an activating group) is 1. The number of hydrogen-bond acceptors (Lipinski definition) is 3. The fraction of sp³-hybridized carbons (Fsp3) is 0.538. The summed E-state index contributed by atoms with van der Waals surface area (Å²) in [5.74, 6) is 0.865. The van der Waals surface area contributed by atoms with E-state index >= 15 is 0 Å². The van der Waals surface area contributed by atoms with Crippen LogP contribution in [0.15, 0.2) is 24.3 Å². The minimum atomic E-state index is -0.213. The van der Waals surface area contributed by atoms with E-state index in [0.29, 0.717) is 0 Å². The smallest absolute Gasteiger partial charge is 0.142 e. The summed E-state index contributed by atoms with van der Waals surface area (Å²) in [5.41, 5.74) is 1.05. The summed E-state index contributed by atoms with van der Waals surface area (Å²) in [4.78, 5) is 2.14. The Morgan fingerprint density at radius 1 is 1.31 bits per heavy atom. The lowest BCUT2D eigenvalue weighted by Gasteiger charge is -2.30. The first-order valence-corrected chi connectivity index (χ1v) is 5.78. The van der Waals surface area contributed by atoms with E-state index in [9.17, 15) is 5.11 Å². The quantitative estimate of drug-likeness (QED) is 0.848. The zero-order chi connectivity index (χ0) is 11.5. The lowest BCUT2D eigenvalue weighted by molar-refractivity contribution is 0.163. The Morgan fingerprint density at radius 3 is 2.69 bits per heavy atom. The van der Waals surface area contributed by atoms with Crippen LogP contribution in [-0.4, -0.2) is 31.4 Å². The van der Waals surface area contributed by atoms with Crippen molar-refractivity contribution >= 4 is 5.69 Å². The monoisotopic (exact) mass is 221 g/mol. The molecule has 88 valence electrons. The van der Waals surface area contributed by atoms with Crippen LogP contribution in [-0.2, 0) is 0 Å². The molecule has 1 aromatic carbocycles. The van der Waals surface area contributed by atoms with Crippen LogP contribution in [0.5, 0.6) is 5.75 Å². The van der Waals surface area contributed by atoms with Gasteiger partial charge in [0.15, 0.2) is 0 Å². The highest BCUT2D eigenvalue weighted by atomic mass is 16.5. The van der Waals surface area contributed by atoms with Crippen molar-refractivity contribution in [3.63, 3.8) is 0 Å². The molecule has 0 aliphatic heterocycles. The van der Waals surface area contributed by atoms with Crippen LogP contribution >= 0.6 is 0 Å². The molecule has 1 aliphatic carbocycles. The highest BCUT2D eigenvalue weighted by Crippen LogP contribution is 2.32. The largest absolute Gasteiger partial charge is 0.495 e. The number of para-hydroxylation sites is 2. The highest BCUT2D eigenvalue weighted by Gasteiger charge is 2.29. The average molecular weight is 221 g/mol. The van der Waals surface area contributed by atoms with E-state index in [0.717, 1.165) is 30.7 Å². The van der Waals surface area contributed by atoms with Crippen molar-refractivity contribution in [2.75, 3.05) is 19.1 Å². The first kappa shape index (κ1) is 11.3. The highest BCUT2D eigenvalue weighted by molar-refractivity contribution is 5.58. The van der Waals surface area contributed by atoms with Gasteiger partial charge in [-0.2, -0.15) is 0 Å². The van der Waals surface area contributed by atoms with Crippen LogP contribution in [0, 0.1) is 0 Å². The Morgan fingerprint density at radius 2 is 2.06 bits per heavy atom. The van der Waals surface area contributed by atoms with Gasteiger partial charge in [-0.05, 0) is 31.4 Å². The summed E-state index contributed by atoms with van der Waals surface area (Å²) in [5, 5.41) is 9.90. The van der Waals surface area contributed by atoms with Crippen LogP contribution < -0.4 is 9.64 Å². The molecule has 3 nitrogen and oxygen atoms in total. The molecule has 16 heavy (non-hydrogen) atoms. The van der Waals surface area contributed by atoms with Crippen LogP contribution in [0.3, 0.4) is 0 Å². The number of aliphatic hydroxyl groups excluding tert-OH is 1. The third kappa shape index (κ3) is 2.00. The molecule has 1 aromatic rings. The fourth-order valence-corrected chi connectivity index (χ4v) is 2.47. The first-order valence-electron chi connectivity index (χ1n) is 5.78. The Labute approximate surface area is 96.6 Å². The third-order valence-corrected chi connectivity index (χ3v) is 3.41. The molecule has 1 aliphatic rings. The van der Waals surface area contributed by atoms with Crippen molar-refractivity contribution in [3.05, 3.63) is 24.3 Å². The normalized spacial score (nSPS) is 24.4. The zero-order valence-corrected chi connectivity index (χ0v) is 9.89. The number of ether oxygens (including phenoxy) is 1. The Bertz CT molecular complexity index is 354. The predicted octanol–water partition coefficient (Wildman–Crippen LogP) is 2.04. The van der Waals surface area contributed by atoms with E-state index in [1.807, 2.05) is 31.3 Å². The molecule has 1 N–H and O–H groups in total. The summed E-state index contributed by atoms with van der Waals surface area (Å²) in [7, 11) is 3.70. The van der Waals surface area contributed by atoms with E-state index in [2.05, 4.69) is 4.90 Å². The van der Waals surface area contributed by atoms with Crippen LogP contribution in [0.2, 0.25) is 0 Å². The predicted molar refractivity (Wildman–Crippen MR) is 65.0 cm³/mol.